The third-order valence-corrected chi connectivity index (χ3v) is 3.78. The number of nitrogens with zero attached hydrogens (tertiary/aromatic N) is 1. The summed E-state index contributed by atoms with van der Waals surface area (Å²) < 4.78 is 0. The van der Waals surface area contributed by atoms with E-state index in [2.05, 4.69) is 22.5 Å². The molecule has 1 unspecified atom stereocenters. The molecule has 2 rings (SSSR count). The summed E-state index contributed by atoms with van der Waals surface area (Å²) in [4.78, 5) is 4.61. The normalized spacial score (nSPS) is 19.9. The van der Waals surface area contributed by atoms with Gasteiger partial charge in [-0.2, -0.15) is 0 Å². The van der Waals surface area contributed by atoms with E-state index in [1.54, 1.807) is 0 Å². The van der Waals surface area contributed by atoms with Crippen molar-refractivity contribution in [2.24, 2.45) is 11.8 Å². The minimum atomic E-state index is 0.216. The molecule has 94 valence electrons. The Hall–Kier alpha value is -0.930. The first-order valence-electron chi connectivity index (χ1n) is 6.71. The monoisotopic (exact) mass is 233 g/mol. The number of hydrazine groups is 1. The van der Waals surface area contributed by atoms with Gasteiger partial charge in [-0.05, 0) is 37.8 Å². The molecule has 3 heteroatoms. The Balaban J connectivity index is 2.14. The molecule has 3 N–H and O–H groups in total. The minimum absolute atomic E-state index is 0.216. The number of nitrogens with two attached hydrogens (primary N) is 1. The van der Waals surface area contributed by atoms with Crippen LogP contribution in [0.15, 0.2) is 18.2 Å². The van der Waals surface area contributed by atoms with Crippen molar-refractivity contribution in [1.29, 1.82) is 0 Å². The second-order valence-electron chi connectivity index (χ2n) is 5.10. The number of hydrogen-bond acceptors (Lipinski definition) is 3. The highest BCUT2D eigenvalue weighted by atomic mass is 15.2. The van der Waals surface area contributed by atoms with E-state index in [-0.39, 0.29) is 6.04 Å². The first-order valence-corrected chi connectivity index (χ1v) is 6.71. The lowest BCUT2D eigenvalue weighted by Crippen LogP contribution is -2.34. The predicted molar refractivity (Wildman–Crippen MR) is 70.2 cm³/mol. The zero-order valence-corrected chi connectivity index (χ0v) is 10.7. The second-order valence-corrected chi connectivity index (χ2v) is 5.10. The maximum atomic E-state index is 5.75. The number of rotatable bonds is 3. The van der Waals surface area contributed by atoms with Gasteiger partial charge in [0.15, 0.2) is 0 Å². The number of aryl methyl sites for hydroxylation is 1. The molecule has 0 spiro atoms. The number of nitrogens with one attached hydrogen (secondary N) is 1. The van der Waals surface area contributed by atoms with E-state index >= 15 is 0 Å². The number of pyridine rings is 1. The SMILES string of the molecule is Cc1cccc(C(NN)C2CCCCCC2)n1. The van der Waals surface area contributed by atoms with E-state index in [4.69, 9.17) is 5.84 Å². The summed E-state index contributed by atoms with van der Waals surface area (Å²) in [6, 6.07) is 6.40. The molecule has 0 bridgehead atoms. The largest absolute Gasteiger partial charge is 0.271 e. The van der Waals surface area contributed by atoms with Crippen LogP contribution >= 0.6 is 0 Å². The summed E-state index contributed by atoms with van der Waals surface area (Å²) in [6.45, 7) is 2.03. The van der Waals surface area contributed by atoms with Gasteiger partial charge in [0.25, 0.3) is 0 Å². The molecule has 0 saturated heterocycles. The van der Waals surface area contributed by atoms with E-state index in [0.29, 0.717) is 5.92 Å². The topological polar surface area (TPSA) is 50.9 Å². The van der Waals surface area contributed by atoms with Crippen molar-refractivity contribution >= 4 is 0 Å². The standard InChI is InChI=1S/C14H23N3/c1-11-7-6-10-13(16-11)14(17-15)12-8-4-2-3-5-9-12/h6-7,10,12,14,17H,2-5,8-9,15H2,1H3. The summed E-state index contributed by atoms with van der Waals surface area (Å²) >= 11 is 0. The van der Waals surface area contributed by atoms with Crippen LogP contribution in [0.4, 0.5) is 0 Å². The van der Waals surface area contributed by atoms with Gasteiger partial charge >= 0.3 is 0 Å². The zero-order chi connectivity index (χ0) is 12.1. The Morgan fingerprint density at radius 1 is 1.24 bits per heavy atom. The second kappa shape index (κ2) is 6.12. The Labute approximate surface area is 104 Å². The van der Waals surface area contributed by atoms with Crippen LogP contribution in [-0.4, -0.2) is 4.98 Å². The summed E-state index contributed by atoms with van der Waals surface area (Å²) in [5.74, 6) is 6.38. The molecule has 3 nitrogen and oxygen atoms in total. The summed E-state index contributed by atoms with van der Waals surface area (Å²) in [5.41, 5.74) is 5.14. The van der Waals surface area contributed by atoms with Gasteiger partial charge in [-0.15, -0.1) is 0 Å². The average Bonchev–Trinajstić information content (AvgIpc) is 2.59. The van der Waals surface area contributed by atoms with Crippen molar-refractivity contribution in [2.45, 2.75) is 51.5 Å². The van der Waals surface area contributed by atoms with Crippen LogP contribution in [0.3, 0.4) is 0 Å². The van der Waals surface area contributed by atoms with Gasteiger partial charge in [-0.1, -0.05) is 31.7 Å². The highest BCUT2D eigenvalue weighted by Crippen LogP contribution is 2.32. The Bertz CT molecular complexity index is 343. The van der Waals surface area contributed by atoms with Crippen LogP contribution in [0.2, 0.25) is 0 Å². The highest BCUT2D eigenvalue weighted by Gasteiger charge is 2.24. The third kappa shape index (κ3) is 3.27. The summed E-state index contributed by atoms with van der Waals surface area (Å²) in [6.07, 6.45) is 7.93. The van der Waals surface area contributed by atoms with E-state index in [0.717, 1.165) is 11.4 Å². The smallest absolute Gasteiger partial charge is 0.0660 e. The molecule has 0 aromatic carbocycles. The molecule has 1 atom stereocenters. The van der Waals surface area contributed by atoms with Crippen LogP contribution < -0.4 is 11.3 Å². The molecule has 0 amide bonds. The van der Waals surface area contributed by atoms with E-state index in [9.17, 15) is 0 Å². The molecule has 0 aliphatic heterocycles. The van der Waals surface area contributed by atoms with Gasteiger partial charge in [0, 0.05) is 5.69 Å². The fourth-order valence-corrected chi connectivity index (χ4v) is 2.84. The van der Waals surface area contributed by atoms with Gasteiger partial charge in [0.05, 0.1) is 11.7 Å². The molecular formula is C14H23N3. The third-order valence-electron chi connectivity index (χ3n) is 3.78. The van der Waals surface area contributed by atoms with Crippen molar-refractivity contribution in [3.63, 3.8) is 0 Å². The Morgan fingerprint density at radius 2 is 1.94 bits per heavy atom. The van der Waals surface area contributed by atoms with Crippen molar-refractivity contribution in [1.82, 2.24) is 10.4 Å². The quantitative estimate of drug-likeness (QED) is 0.479. The first kappa shape index (κ1) is 12.5. The minimum Gasteiger partial charge on any atom is -0.271 e. The van der Waals surface area contributed by atoms with E-state index < -0.39 is 0 Å². The van der Waals surface area contributed by atoms with Crippen molar-refractivity contribution in [2.75, 3.05) is 0 Å². The molecular weight excluding hydrogens is 210 g/mol. The van der Waals surface area contributed by atoms with Gasteiger partial charge < -0.3 is 0 Å². The molecule has 1 aromatic heterocycles. The fraction of sp³-hybridized carbons (Fsp3) is 0.643. The van der Waals surface area contributed by atoms with Gasteiger partial charge in [-0.3, -0.25) is 16.3 Å². The van der Waals surface area contributed by atoms with Crippen LogP contribution in [-0.2, 0) is 0 Å². The summed E-state index contributed by atoms with van der Waals surface area (Å²) in [5, 5.41) is 0. The van der Waals surface area contributed by atoms with Crippen LogP contribution in [0.25, 0.3) is 0 Å². The van der Waals surface area contributed by atoms with Gasteiger partial charge in [0.2, 0.25) is 0 Å². The van der Waals surface area contributed by atoms with Gasteiger partial charge in [0.1, 0.15) is 0 Å². The molecule has 0 radical (unpaired) electrons. The maximum absolute atomic E-state index is 5.75. The Morgan fingerprint density at radius 3 is 2.53 bits per heavy atom. The lowest BCUT2D eigenvalue weighted by Gasteiger charge is -2.25. The highest BCUT2D eigenvalue weighted by molar-refractivity contribution is 5.14. The lowest BCUT2D eigenvalue weighted by atomic mass is 9.90. The maximum Gasteiger partial charge on any atom is 0.0660 e. The molecule has 1 aliphatic carbocycles. The van der Waals surface area contributed by atoms with E-state index in [1.165, 1.54) is 38.5 Å². The Kier molecular flexibility index (Phi) is 4.51. The first-order chi connectivity index (χ1) is 8.31. The average molecular weight is 233 g/mol. The van der Waals surface area contributed by atoms with Crippen molar-refractivity contribution in [3.8, 4) is 0 Å². The number of hydrogen-bond donors (Lipinski definition) is 2. The molecule has 17 heavy (non-hydrogen) atoms. The summed E-state index contributed by atoms with van der Waals surface area (Å²) in [7, 11) is 0. The molecule has 1 saturated carbocycles. The molecule has 1 aromatic rings. The van der Waals surface area contributed by atoms with Crippen molar-refractivity contribution in [3.05, 3.63) is 29.6 Å². The zero-order valence-electron chi connectivity index (χ0n) is 10.7. The molecule has 1 fully saturated rings. The van der Waals surface area contributed by atoms with Crippen LogP contribution in [0, 0.1) is 12.8 Å². The van der Waals surface area contributed by atoms with Crippen molar-refractivity contribution < 1.29 is 0 Å². The molecule has 1 aliphatic rings. The van der Waals surface area contributed by atoms with Crippen LogP contribution in [0.5, 0.6) is 0 Å². The van der Waals surface area contributed by atoms with Gasteiger partial charge in [-0.25, -0.2) is 0 Å². The number of aromatic nitrogens is 1. The lowest BCUT2D eigenvalue weighted by molar-refractivity contribution is 0.323. The molecule has 1 heterocycles. The predicted octanol–water partition coefficient (Wildman–Crippen LogP) is 2.86. The van der Waals surface area contributed by atoms with E-state index in [1.807, 2.05) is 13.0 Å². The van der Waals surface area contributed by atoms with Crippen LogP contribution in [0.1, 0.15) is 56.0 Å². The fourth-order valence-electron chi connectivity index (χ4n) is 2.84.